The average Bonchev–Trinajstić information content (AvgIpc) is 3.27. The van der Waals surface area contributed by atoms with Gasteiger partial charge in [0, 0.05) is 39.0 Å². The Morgan fingerprint density at radius 1 is 1.08 bits per heavy atom. The van der Waals surface area contributed by atoms with E-state index in [0.29, 0.717) is 63.9 Å². The van der Waals surface area contributed by atoms with Crippen LogP contribution in [-0.4, -0.2) is 26.3 Å². The lowest BCUT2D eigenvalue weighted by Gasteiger charge is -2.28. The second-order valence-electron chi connectivity index (χ2n) is 9.15. The number of fused-ring (bicyclic) bond motifs is 2. The van der Waals surface area contributed by atoms with Crippen molar-refractivity contribution >= 4 is 29.1 Å². The first kappa shape index (κ1) is 24.6. The lowest BCUT2D eigenvalue weighted by Crippen LogP contribution is -2.45. The fourth-order valence-corrected chi connectivity index (χ4v) is 5.40. The first-order valence-electron chi connectivity index (χ1n) is 11.8. The SMILES string of the molecule is CCc1cn(CNC(=O)C2c3cc(Cl)ccc3Oc3ccc(Cl)cc32)c(=O)n([C@@H]2CC[C@H](O)C2)c1=O. The minimum Gasteiger partial charge on any atom is -0.457 e. The number of ether oxygens (including phenoxy) is 1. The smallest absolute Gasteiger partial charge is 0.332 e. The van der Waals surface area contributed by atoms with E-state index in [1.807, 2.05) is 6.92 Å². The molecule has 1 fully saturated rings. The van der Waals surface area contributed by atoms with Gasteiger partial charge < -0.3 is 15.2 Å². The molecule has 1 aromatic heterocycles. The van der Waals surface area contributed by atoms with Gasteiger partial charge >= 0.3 is 5.69 Å². The molecular formula is C26H25Cl2N3O5. The lowest BCUT2D eigenvalue weighted by atomic mass is 9.87. The van der Waals surface area contributed by atoms with Gasteiger partial charge in [-0.05, 0) is 62.1 Å². The summed E-state index contributed by atoms with van der Waals surface area (Å²) in [5.74, 6) is -0.121. The molecule has 2 N–H and O–H groups in total. The number of carbonyl (C=O) groups excluding carboxylic acids is 1. The Labute approximate surface area is 217 Å². The molecule has 2 heterocycles. The van der Waals surface area contributed by atoms with Crippen LogP contribution in [0, 0.1) is 0 Å². The number of hydrogen-bond acceptors (Lipinski definition) is 5. The molecule has 1 amide bonds. The van der Waals surface area contributed by atoms with Gasteiger partial charge in [-0.25, -0.2) is 4.79 Å². The molecule has 0 radical (unpaired) electrons. The Bertz CT molecular complexity index is 1410. The molecule has 5 rings (SSSR count). The molecule has 0 saturated heterocycles. The van der Waals surface area contributed by atoms with Gasteiger partial charge in [-0.3, -0.25) is 18.7 Å². The van der Waals surface area contributed by atoms with Crippen LogP contribution in [0.1, 0.15) is 54.8 Å². The summed E-state index contributed by atoms with van der Waals surface area (Å²) in [7, 11) is 0. The quantitative estimate of drug-likeness (QED) is 0.520. The zero-order valence-corrected chi connectivity index (χ0v) is 21.1. The maximum atomic E-state index is 13.6. The van der Waals surface area contributed by atoms with Crippen LogP contribution < -0.4 is 21.3 Å². The number of nitrogens with zero attached hydrogens (tertiary/aromatic N) is 2. The summed E-state index contributed by atoms with van der Waals surface area (Å²) < 4.78 is 8.52. The van der Waals surface area contributed by atoms with E-state index in [1.54, 1.807) is 36.4 Å². The Kier molecular flexibility index (Phi) is 6.68. The first-order chi connectivity index (χ1) is 17.3. The highest BCUT2D eigenvalue weighted by Crippen LogP contribution is 2.45. The Hall–Kier alpha value is -3.07. The van der Waals surface area contributed by atoms with Crippen LogP contribution in [0.25, 0.3) is 0 Å². The Balaban J connectivity index is 1.49. The van der Waals surface area contributed by atoms with Crippen molar-refractivity contribution < 1.29 is 14.6 Å². The van der Waals surface area contributed by atoms with Crippen molar-refractivity contribution in [3.05, 3.63) is 90.2 Å². The number of benzene rings is 2. The van der Waals surface area contributed by atoms with Gasteiger partial charge in [0.2, 0.25) is 5.91 Å². The highest BCUT2D eigenvalue weighted by molar-refractivity contribution is 6.31. The highest BCUT2D eigenvalue weighted by Gasteiger charge is 2.34. The van der Waals surface area contributed by atoms with Gasteiger partial charge in [0.1, 0.15) is 11.5 Å². The van der Waals surface area contributed by atoms with Crippen molar-refractivity contribution in [2.45, 2.75) is 57.3 Å². The van der Waals surface area contributed by atoms with E-state index in [1.165, 1.54) is 15.3 Å². The minimum absolute atomic E-state index is 0.136. The number of aromatic nitrogens is 2. The zero-order valence-electron chi connectivity index (χ0n) is 19.5. The number of aliphatic hydroxyl groups excluding tert-OH is 1. The molecule has 10 heteroatoms. The molecule has 1 aliphatic heterocycles. The maximum absolute atomic E-state index is 13.6. The third-order valence-corrected chi connectivity index (χ3v) is 7.32. The number of nitrogens with one attached hydrogen (secondary N) is 1. The number of carbonyl (C=O) groups is 1. The molecule has 0 spiro atoms. The normalized spacial score (nSPS) is 18.9. The van der Waals surface area contributed by atoms with Crippen LogP contribution in [0.2, 0.25) is 10.0 Å². The number of aliphatic hydroxyl groups is 1. The topological polar surface area (TPSA) is 103 Å². The molecule has 2 atom stereocenters. The van der Waals surface area contributed by atoms with Crippen LogP contribution in [0.5, 0.6) is 11.5 Å². The molecule has 8 nitrogen and oxygen atoms in total. The molecule has 2 aromatic carbocycles. The molecule has 2 aliphatic rings. The molecule has 1 saturated carbocycles. The van der Waals surface area contributed by atoms with Gasteiger partial charge in [0.15, 0.2) is 0 Å². The largest absolute Gasteiger partial charge is 0.457 e. The molecule has 36 heavy (non-hydrogen) atoms. The number of hydrogen-bond donors (Lipinski definition) is 2. The predicted molar refractivity (Wildman–Crippen MR) is 136 cm³/mol. The van der Waals surface area contributed by atoms with Gasteiger partial charge in [0.05, 0.1) is 18.7 Å². The van der Waals surface area contributed by atoms with Crippen molar-refractivity contribution in [2.24, 2.45) is 0 Å². The summed E-state index contributed by atoms with van der Waals surface area (Å²) in [5, 5.41) is 13.7. The van der Waals surface area contributed by atoms with E-state index >= 15 is 0 Å². The molecule has 0 unspecified atom stereocenters. The zero-order chi connectivity index (χ0) is 25.6. The van der Waals surface area contributed by atoms with Crippen molar-refractivity contribution in [3.8, 4) is 11.5 Å². The van der Waals surface area contributed by atoms with Gasteiger partial charge in [-0.2, -0.15) is 0 Å². The molecule has 1 aliphatic carbocycles. The summed E-state index contributed by atoms with van der Waals surface area (Å²) >= 11 is 12.5. The van der Waals surface area contributed by atoms with Gasteiger partial charge in [-0.1, -0.05) is 30.1 Å². The monoisotopic (exact) mass is 529 g/mol. The van der Waals surface area contributed by atoms with E-state index in [0.717, 1.165) is 0 Å². The third kappa shape index (κ3) is 4.45. The number of amides is 1. The summed E-state index contributed by atoms with van der Waals surface area (Å²) in [6, 6.07) is 9.78. The summed E-state index contributed by atoms with van der Waals surface area (Å²) in [5.41, 5.74) is 0.768. The van der Waals surface area contributed by atoms with Crippen molar-refractivity contribution in [2.75, 3.05) is 0 Å². The lowest BCUT2D eigenvalue weighted by molar-refractivity contribution is -0.122. The fourth-order valence-electron chi connectivity index (χ4n) is 5.03. The van der Waals surface area contributed by atoms with Crippen LogP contribution in [0.15, 0.2) is 52.2 Å². The number of aryl methyl sites for hydroxylation is 1. The Morgan fingerprint density at radius 3 is 2.28 bits per heavy atom. The Morgan fingerprint density at radius 2 is 1.72 bits per heavy atom. The minimum atomic E-state index is -0.765. The number of rotatable bonds is 5. The average molecular weight is 530 g/mol. The van der Waals surface area contributed by atoms with Crippen molar-refractivity contribution in [1.82, 2.24) is 14.5 Å². The van der Waals surface area contributed by atoms with Gasteiger partial charge in [-0.15, -0.1) is 0 Å². The fraction of sp³-hybridized carbons (Fsp3) is 0.346. The second-order valence-corrected chi connectivity index (χ2v) is 10.0. The van der Waals surface area contributed by atoms with Gasteiger partial charge in [0.25, 0.3) is 5.56 Å². The molecule has 3 aromatic rings. The third-order valence-electron chi connectivity index (χ3n) is 6.85. The predicted octanol–water partition coefficient (Wildman–Crippen LogP) is 3.98. The van der Waals surface area contributed by atoms with E-state index in [2.05, 4.69) is 5.32 Å². The van der Waals surface area contributed by atoms with Crippen LogP contribution >= 0.6 is 23.2 Å². The van der Waals surface area contributed by atoms with E-state index < -0.39 is 17.7 Å². The van der Waals surface area contributed by atoms with Crippen LogP contribution in [-0.2, 0) is 17.9 Å². The highest BCUT2D eigenvalue weighted by atomic mass is 35.5. The summed E-state index contributed by atoms with van der Waals surface area (Å²) in [6.07, 6.45) is 2.83. The van der Waals surface area contributed by atoms with Crippen LogP contribution in [0.4, 0.5) is 0 Å². The first-order valence-corrected chi connectivity index (χ1v) is 12.6. The summed E-state index contributed by atoms with van der Waals surface area (Å²) in [4.78, 5) is 39.8. The van der Waals surface area contributed by atoms with Crippen molar-refractivity contribution in [1.29, 1.82) is 0 Å². The van der Waals surface area contributed by atoms with E-state index in [4.69, 9.17) is 27.9 Å². The van der Waals surface area contributed by atoms with Crippen molar-refractivity contribution in [3.63, 3.8) is 0 Å². The number of halogens is 2. The standard InChI is InChI=1S/C26H25Cl2N3O5/c1-2-14-12-30(26(35)31(25(14)34)17-5-6-18(32)11-17)13-29-24(33)23-19-9-15(27)3-7-21(19)36-22-8-4-16(28)10-20(22)23/h3-4,7-10,12,17-18,23,32H,2,5-6,11,13H2,1H3,(H,29,33)/t17-,18+/m1/s1. The molecular weight excluding hydrogens is 505 g/mol. The second kappa shape index (κ2) is 9.76. The molecule has 0 bridgehead atoms. The van der Waals surface area contributed by atoms with E-state index in [-0.39, 0.29) is 24.2 Å². The van der Waals surface area contributed by atoms with E-state index in [9.17, 15) is 19.5 Å². The maximum Gasteiger partial charge on any atom is 0.332 e. The molecule has 188 valence electrons. The summed E-state index contributed by atoms with van der Waals surface area (Å²) in [6.45, 7) is 1.70. The van der Waals surface area contributed by atoms with Crippen LogP contribution in [0.3, 0.4) is 0 Å².